The third-order valence-corrected chi connectivity index (χ3v) is 3.54. The van der Waals surface area contributed by atoms with Crippen LogP contribution in [0.15, 0.2) is 55.2 Å². The SMILES string of the molecule is C=C/C=C(\C=C)C(=O)Nc1nc2c(OC)cccc2s1. The number of nitrogens with zero attached hydrogens (tertiary/aromatic N) is 1. The first-order chi connectivity index (χ1) is 9.69. The van der Waals surface area contributed by atoms with Gasteiger partial charge in [0.2, 0.25) is 0 Å². The van der Waals surface area contributed by atoms with Gasteiger partial charge in [-0.15, -0.1) is 0 Å². The van der Waals surface area contributed by atoms with Gasteiger partial charge < -0.3 is 4.74 Å². The van der Waals surface area contributed by atoms with E-state index < -0.39 is 0 Å². The van der Waals surface area contributed by atoms with Gasteiger partial charge in [0.05, 0.1) is 11.8 Å². The first-order valence-corrected chi connectivity index (χ1v) is 6.71. The molecule has 0 aliphatic carbocycles. The smallest absolute Gasteiger partial charge is 0.257 e. The van der Waals surface area contributed by atoms with Crippen molar-refractivity contribution >= 4 is 32.6 Å². The number of anilines is 1. The highest BCUT2D eigenvalue weighted by atomic mass is 32.1. The van der Waals surface area contributed by atoms with E-state index >= 15 is 0 Å². The summed E-state index contributed by atoms with van der Waals surface area (Å²) in [6, 6.07) is 5.65. The van der Waals surface area contributed by atoms with E-state index in [1.807, 2.05) is 18.2 Å². The second-order valence-electron chi connectivity index (χ2n) is 3.84. The van der Waals surface area contributed by atoms with E-state index in [1.165, 1.54) is 23.5 Å². The van der Waals surface area contributed by atoms with Crippen molar-refractivity contribution in [2.24, 2.45) is 0 Å². The summed E-state index contributed by atoms with van der Waals surface area (Å²) >= 11 is 1.39. The van der Waals surface area contributed by atoms with Gasteiger partial charge in [-0.2, -0.15) is 0 Å². The van der Waals surface area contributed by atoms with Gasteiger partial charge in [0.25, 0.3) is 5.91 Å². The van der Waals surface area contributed by atoms with Crippen LogP contribution in [0.3, 0.4) is 0 Å². The van der Waals surface area contributed by atoms with Gasteiger partial charge in [0.1, 0.15) is 11.3 Å². The summed E-state index contributed by atoms with van der Waals surface area (Å²) in [5.74, 6) is 0.419. The Bertz CT molecular complexity index is 701. The Balaban J connectivity index is 2.31. The molecular formula is C15H14N2O2S. The zero-order valence-electron chi connectivity index (χ0n) is 11.1. The number of carbonyl (C=O) groups excluding carboxylic acids is 1. The molecule has 0 saturated carbocycles. The second kappa shape index (κ2) is 6.16. The number of thiazole rings is 1. The average Bonchev–Trinajstić information content (AvgIpc) is 2.86. The Kier molecular flexibility index (Phi) is 4.32. The fraction of sp³-hybridized carbons (Fsp3) is 0.0667. The first kappa shape index (κ1) is 14.0. The lowest BCUT2D eigenvalue weighted by Crippen LogP contribution is -2.12. The molecule has 0 unspecified atom stereocenters. The Labute approximate surface area is 121 Å². The number of amides is 1. The second-order valence-corrected chi connectivity index (χ2v) is 4.87. The molecule has 0 aliphatic rings. The first-order valence-electron chi connectivity index (χ1n) is 5.89. The molecule has 1 amide bonds. The summed E-state index contributed by atoms with van der Waals surface area (Å²) in [5.41, 5.74) is 1.18. The lowest BCUT2D eigenvalue weighted by molar-refractivity contribution is -0.112. The molecule has 5 heteroatoms. The number of hydrogen-bond donors (Lipinski definition) is 1. The lowest BCUT2D eigenvalue weighted by Gasteiger charge is -2.01. The summed E-state index contributed by atoms with van der Waals surface area (Å²) < 4.78 is 6.19. The van der Waals surface area contributed by atoms with Gasteiger partial charge in [-0.1, -0.05) is 48.8 Å². The molecule has 1 N–H and O–H groups in total. The summed E-state index contributed by atoms with van der Waals surface area (Å²) in [5, 5.41) is 3.26. The van der Waals surface area contributed by atoms with Crippen molar-refractivity contribution < 1.29 is 9.53 Å². The van der Waals surface area contributed by atoms with Crippen LogP contribution in [0.25, 0.3) is 10.2 Å². The number of rotatable bonds is 5. The van der Waals surface area contributed by atoms with Gasteiger partial charge in [0.15, 0.2) is 5.13 Å². The van der Waals surface area contributed by atoms with Crippen molar-refractivity contribution in [1.82, 2.24) is 4.98 Å². The quantitative estimate of drug-likeness (QED) is 0.675. The summed E-state index contributed by atoms with van der Waals surface area (Å²) in [7, 11) is 1.59. The molecular weight excluding hydrogens is 272 g/mol. The van der Waals surface area contributed by atoms with E-state index in [-0.39, 0.29) is 5.91 Å². The molecule has 2 rings (SSSR count). The Morgan fingerprint density at radius 2 is 2.25 bits per heavy atom. The highest BCUT2D eigenvalue weighted by molar-refractivity contribution is 7.22. The van der Waals surface area contributed by atoms with Crippen molar-refractivity contribution in [3.8, 4) is 5.75 Å². The number of aromatic nitrogens is 1. The standard InChI is InChI=1S/C15H14N2O2S/c1-4-7-10(5-2)14(18)17-15-16-13-11(19-3)8-6-9-12(13)20-15/h4-9H,1-2H2,3H3,(H,16,17,18)/b10-7+. The molecule has 1 aromatic carbocycles. The van der Waals surface area contributed by atoms with E-state index in [1.54, 1.807) is 13.2 Å². The van der Waals surface area contributed by atoms with Crippen LogP contribution in [-0.4, -0.2) is 18.0 Å². The number of benzene rings is 1. The van der Waals surface area contributed by atoms with Gasteiger partial charge >= 0.3 is 0 Å². The highest BCUT2D eigenvalue weighted by Gasteiger charge is 2.12. The van der Waals surface area contributed by atoms with Crippen LogP contribution < -0.4 is 10.1 Å². The molecule has 4 nitrogen and oxygen atoms in total. The fourth-order valence-corrected chi connectivity index (χ4v) is 2.55. The van der Waals surface area contributed by atoms with Crippen LogP contribution in [0.2, 0.25) is 0 Å². The van der Waals surface area contributed by atoms with E-state index in [9.17, 15) is 4.79 Å². The molecule has 0 radical (unpaired) electrons. The van der Waals surface area contributed by atoms with Crippen LogP contribution >= 0.6 is 11.3 Å². The molecule has 0 fully saturated rings. The van der Waals surface area contributed by atoms with Crippen LogP contribution in [-0.2, 0) is 4.79 Å². The number of carbonyl (C=O) groups is 1. The molecule has 1 heterocycles. The number of nitrogens with one attached hydrogen (secondary N) is 1. The van der Waals surface area contributed by atoms with Crippen molar-refractivity contribution in [3.05, 3.63) is 55.2 Å². The summed E-state index contributed by atoms with van der Waals surface area (Å²) in [6.07, 6.45) is 4.61. The van der Waals surface area contributed by atoms with E-state index in [2.05, 4.69) is 23.5 Å². The van der Waals surface area contributed by atoms with Crippen molar-refractivity contribution in [1.29, 1.82) is 0 Å². The van der Waals surface area contributed by atoms with Crippen LogP contribution in [0.1, 0.15) is 0 Å². The molecule has 0 saturated heterocycles. The molecule has 0 bridgehead atoms. The number of hydrogen-bond acceptors (Lipinski definition) is 4. The van der Waals surface area contributed by atoms with Crippen LogP contribution in [0.4, 0.5) is 5.13 Å². The fourth-order valence-electron chi connectivity index (χ4n) is 1.67. The number of fused-ring (bicyclic) bond motifs is 1. The van der Waals surface area contributed by atoms with Crippen molar-refractivity contribution in [2.45, 2.75) is 0 Å². The van der Waals surface area contributed by atoms with Crippen molar-refractivity contribution in [2.75, 3.05) is 12.4 Å². The van der Waals surface area contributed by atoms with Crippen LogP contribution in [0.5, 0.6) is 5.75 Å². The van der Waals surface area contributed by atoms with Gasteiger partial charge in [-0.05, 0) is 12.1 Å². The van der Waals surface area contributed by atoms with Crippen LogP contribution in [0, 0.1) is 0 Å². The maximum atomic E-state index is 12.0. The van der Waals surface area contributed by atoms with E-state index in [4.69, 9.17) is 4.74 Å². The topological polar surface area (TPSA) is 51.2 Å². The monoisotopic (exact) mass is 286 g/mol. The molecule has 0 spiro atoms. The Hall–Kier alpha value is -2.40. The predicted molar refractivity (Wildman–Crippen MR) is 83.3 cm³/mol. The summed E-state index contributed by atoms with van der Waals surface area (Å²) in [4.78, 5) is 16.4. The number of methoxy groups -OCH3 is 1. The lowest BCUT2D eigenvalue weighted by atomic mass is 10.2. The third kappa shape index (κ3) is 2.78. The minimum Gasteiger partial charge on any atom is -0.494 e. The Morgan fingerprint density at radius 1 is 1.45 bits per heavy atom. The average molecular weight is 286 g/mol. The number of ether oxygens (including phenoxy) is 1. The molecule has 20 heavy (non-hydrogen) atoms. The normalized spacial score (nSPS) is 11.2. The number of para-hydroxylation sites is 1. The minimum absolute atomic E-state index is 0.266. The number of allylic oxidation sites excluding steroid dienone is 2. The predicted octanol–water partition coefficient (Wildman–Crippen LogP) is 3.54. The van der Waals surface area contributed by atoms with Gasteiger partial charge in [-0.25, -0.2) is 4.98 Å². The molecule has 0 aliphatic heterocycles. The molecule has 102 valence electrons. The highest BCUT2D eigenvalue weighted by Crippen LogP contribution is 2.32. The zero-order chi connectivity index (χ0) is 14.5. The summed E-state index contributed by atoms with van der Waals surface area (Å²) in [6.45, 7) is 7.16. The van der Waals surface area contributed by atoms with Gasteiger partial charge in [0, 0.05) is 5.57 Å². The maximum absolute atomic E-state index is 12.0. The van der Waals surface area contributed by atoms with E-state index in [0.717, 1.165) is 10.2 Å². The largest absolute Gasteiger partial charge is 0.494 e. The van der Waals surface area contributed by atoms with E-state index in [0.29, 0.717) is 16.5 Å². The zero-order valence-corrected chi connectivity index (χ0v) is 11.9. The molecule has 2 aromatic rings. The van der Waals surface area contributed by atoms with Crippen molar-refractivity contribution in [3.63, 3.8) is 0 Å². The molecule has 1 aromatic heterocycles. The minimum atomic E-state index is -0.266. The Morgan fingerprint density at radius 3 is 2.90 bits per heavy atom. The third-order valence-electron chi connectivity index (χ3n) is 2.60. The molecule has 0 atom stereocenters. The maximum Gasteiger partial charge on any atom is 0.257 e. The van der Waals surface area contributed by atoms with Gasteiger partial charge in [-0.3, -0.25) is 10.1 Å².